The molecule has 1 N–H and O–H groups in total. The Morgan fingerprint density at radius 3 is 2.15 bits per heavy atom. The molecule has 0 aliphatic heterocycles. The van der Waals surface area contributed by atoms with Crippen LogP contribution < -0.4 is 5.32 Å². The van der Waals surface area contributed by atoms with Crippen LogP contribution in [-0.4, -0.2) is 18.9 Å². The molecule has 0 saturated carbocycles. The quantitative estimate of drug-likeness (QED) is 0.575. The third kappa shape index (κ3) is 4.31. The van der Waals surface area contributed by atoms with Crippen LogP contribution in [0.1, 0.15) is 53.4 Å². The molecule has 4 heteroatoms. The third-order valence-electron chi connectivity index (χ3n) is 4.65. The number of Topliss-reactive ketones (excluding diaryl/α,β-unsaturated/α-hetero) is 1. The van der Waals surface area contributed by atoms with E-state index in [-0.39, 0.29) is 18.2 Å². The van der Waals surface area contributed by atoms with E-state index in [1.165, 1.54) is 18.2 Å². The average Bonchev–Trinajstić information content (AvgIpc) is 2.63. The van der Waals surface area contributed by atoms with Crippen LogP contribution in [0.5, 0.6) is 0 Å². The van der Waals surface area contributed by atoms with Gasteiger partial charge >= 0.3 is 5.97 Å². The molecule has 2 rings (SSSR count). The van der Waals surface area contributed by atoms with E-state index in [9.17, 15) is 9.59 Å². The lowest BCUT2D eigenvalue weighted by Crippen LogP contribution is -2.10. The molecule has 26 heavy (non-hydrogen) atoms. The van der Waals surface area contributed by atoms with Crippen LogP contribution in [0.4, 0.5) is 11.4 Å². The molecule has 0 aliphatic carbocycles. The molecule has 0 bridgehead atoms. The first kappa shape index (κ1) is 19.7. The summed E-state index contributed by atoms with van der Waals surface area (Å²) in [5, 5.41) is 3.50. The van der Waals surface area contributed by atoms with Crippen molar-refractivity contribution in [2.45, 2.75) is 47.0 Å². The number of para-hydroxylation sites is 1. The summed E-state index contributed by atoms with van der Waals surface area (Å²) in [5.74, 6) is -0.294. The molecular formula is C22H27NO3. The maximum Gasteiger partial charge on any atom is 0.310 e. The molecule has 0 unspecified atom stereocenters. The summed E-state index contributed by atoms with van der Waals surface area (Å²) < 4.78 is 4.83. The number of ether oxygens (including phenoxy) is 1. The van der Waals surface area contributed by atoms with Gasteiger partial charge in [-0.1, -0.05) is 38.1 Å². The van der Waals surface area contributed by atoms with Crippen molar-refractivity contribution in [1.29, 1.82) is 0 Å². The Bertz CT molecular complexity index is 802. The van der Waals surface area contributed by atoms with Gasteiger partial charge in [-0.15, -0.1) is 0 Å². The fraction of sp³-hybridized carbons (Fsp3) is 0.364. The minimum Gasteiger partial charge on any atom is -0.469 e. The molecular weight excluding hydrogens is 326 g/mol. The smallest absolute Gasteiger partial charge is 0.310 e. The molecule has 0 saturated heterocycles. The van der Waals surface area contributed by atoms with Crippen molar-refractivity contribution in [3.63, 3.8) is 0 Å². The van der Waals surface area contributed by atoms with E-state index in [4.69, 9.17) is 4.74 Å². The number of ketones is 1. The minimum atomic E-state index is -0.303. The molecule has 0 radical (unpaired) electrons. The normalized spacial score (nSPS) is 10.5. The Balaban J connectivity index is 2.58. The second-order valence-corrected chi connectivity index (χ2v) is 6.42. The summed E-state index contributed by atoms with van der Waals surface area (Å²) in [7, 11) is 1.38. The highest BCUT2D eigenvalue weighted by Crippen LogP contribution is 2.30. The highest BCUT2D eigenvalue weighted by Gasteiger charge is 2.16. The van der Waals surface area contributed by atoms with Gasteiger partial charge in [0.1, 0.15) is 0 Å². The fourth-order valence-electron chi connectivity index (χ4n) is 3.18. The third-order valence-corrected chi connectivity index (χ3v) is 4.65. The minimum absolute atomic E-state index is 0.00894. The number of hydrogen-bond donors (Lipinski definition) is 1. The van der Waals surface area contributed by atoms with Crippen molar-refractivity contribution in [3.05, 3.63) is 58.1 Å². The number of nitrogens with one attached hydrogen (secondary N) is 1. The van der Waals surface area contributed by atoms with Crippen LogP contribution in [-0.2, 0) is 28.8 Å². The van der Waals surface area contributed by atoms with Crippen molar-refractivity contribution in [2.75, 3.05) is 12.4 Å². The number of aryl methyl sites for hydroxylation is 3. The van der Waals surface area contributed by atoms with Gasteiger partial charge in [-0.2, -0.15) is 0 Å². The predicted molar refractivity (Wildman–Crippen MR) is 105 cm³/mol. The Morgan fingerprint density at radius 2 is 1.65 bits per heavy atom. The van der Waals surface area contributed by atoms with Crippen LogP contribution in [0.15, 0.2) is 30.3 Å². The van der Waals surface area contributed by atoms with Gasteiger partial charge in [-0.25, -0.2) is 0 Å². The highest BCUT2D eigenvalue weighted by molar-refractivity contribution is 5.97. The molecule has 138 valence electrons. The fourth-order valence-corrected chi connectivity index (χ4v) is 3.18. The summed E-state index contributed by atoms with van der Waals surface area (Å²) in [6, 6.07) is 10.0. The van der Waals surface area contributed by atoms with E-state index in [1.54, 1.807) is 6.92 Å². The number of rotatable bonds is 7. The second kappa shape index (κ2) is 8.65. The van der Waals surface area contributed by atoms with Crippen LogP contribution in [0.25, 0.3) is 0 Å². The first-order chi connectivity index (χ1) is 12.4. The van der Waals surface area contributed by atoms with Gasteiger partial charge in [0.15, 0.2) is 5.78 Å². The Morgan fingerprint density at radius 1 is 1.04 bits per heavy atom. The molecule has 0 atom stereocenters. The lowest BCUT2D eigenvalue weighted by atomic mass is 9.97. The van der Waals surface area contributed by atoms with Gasteiger partial charge < -0.3 is 10.1 Å². The Labute approximate surface area is 155 Å². The van der Waals surface area contributed by atoms with Gasteiger partial charge in [0.25, 0.3) is 0 Å². The standard InChI is InChI=1S/C22H27NO3/c1-6-16-9-8-10-17(7-2)22(16)23-20-13-19(15(4)24)14(3)11-18(20)12-21(25)26-5/h8-11,13,23H,6-7,12H2,1-5H3. The van der Waals surface area contributed by atoms with Crippen molar-refractivity contribution in [3.8, 4) is 0 Å². The molecule has 0 amide bonds. The van der Waals surface area contributed by atoms with Crippen molar-refractivity contribution in [2.24, 2.45) is 0 Å². The largest absolute Gasteiger partial charge is 0.469 e. The molecule has 2 aromatic carbocycles. The van der Waals surface area contributed by atoms with E-state index >= 15 is 0 Å². The zero-order valence-corrected chi connectivity index (χ0v) is 16.2. The summed E-state index contributed by atoms with van der Waals surface area (Å²) in [6.45, 7) is 7.68. The van der Waals surface area contributed by atoms with Crippen LogP contribution in [0.2, 0.25) is 0 Å². The summed E-state index contributed by atoms with van der Waals surface area (Å²) in [5.41, 5.74) is 6.60. The van der Waals surface area contributed by atoms with Gasteiger partial charge in [0.05, 0.1) is 13.5 Å². The van der Waals surface area contributed by atoms with Gasteiger partial charge in [-0.05, 0) is 55.0 Å². The summed E-state index contributed by atoms with van der Waals surface area (Å²) >= 11 is 0. The average molecular weight is 353 g/mol. The molecule has 0 spiro atoms. The number of anilines is 2. The number of benzene rings is 2. The van der Waals surface area contributed by atoms with Gasteiger partial charge in [0, 0.05) is 16.9 Å². The molecule has 2 aromatic rings. The predicted octanol–water partition coefficient (Wildman–Crippen LogP) is 4.78. The molecule has 0 heterocycles. The van der Waals surface area contributed by atoms with Crippen LogP contribution in [0.3, 0.4) is 0 Å². The molecule has 4 nitrogen and oxygen atoms in total. The second-order valence-electron chi connectivity index (χ2n) is 6.42. The van der Waals surface area contributed by atoms with E-state index in [0.29, 0.717) is 5.56 Å². The van der Waals surface area contributed by atoms with E-state index < -0.39 is 0 Å². The van der Waals surface area contributed by atoms with E-state index in [2.05, 4.69) is 37.4 Å². The monoisotopic (exact) mass is 353 g/mol. The number of hydrogen-bond acceptors (Lipinski definition) is 4. The molecule has 0 aromatic heterocycles. The van der Waals surface area contributed by atoms with Gasteiger partial charge in [0.2, 0.25) is 0 Å². The SMILES string of the molecule is CCc1cccc(CC)c1Nc1cc(C(C)=O)c(C)cc1CC(=O)OC. The lowest BCUT2D eigenvalue weighted by molar-refractivity contribution is -0.139. The first-order valence-corrected chi connectivity index (χ1v) is 9.00. The number of esters is 1. The number of carbonyl (C=O) groups is 2. The van der Waals surface area contributed by atoms with E-state index in [1.807, 2.05) is 19.1 Å². The first-order valence-electron chi connectivity index (χ1n) is 9.00. The van der Waals surface area contributed by atoms with Crippen molar-refractivity contribution in [1.82, 2.24) is 0 Å². The maximum atomic E-state index is 12.0. The molecule has 0 fully saturated rings. The highest BCUT2D eigenvalue weighted by atomic mass is 16.5. The number of carbonyl (C=O) groups excluding carboxylic acids is 2. The van der Waals surface area contributed by atoms with Crippen molar-refractivity contribution < 1.29 is 14.3 Å². The zero-order chi connectivity index (χ0) is 19.3. The molecule has 0 aliphatic rings. The zero-order valence-electron chi connectivity index (χ0n) is 16.2. The van der Waals surface area contributed by atoms with E-state index in [0.717, 1.165) is 35.3 Å². The number of methoxy groups -OCH3 is 1. The van der Waals surface area contributed by atoms with Crippen LogP contribution in [0, 0.1) is 6.92 Å². The van der Waals surface area contributed by atoms with Crippen LogP contribution >= 0.6 is 0 Å². The lowest BCUT2D eigenvalue weighted by Gasteiger charge is -2.19. The topological polar surface area (TPSA) is 55.4 Å². The maximum absolute atomic E-state index is 12.0. The summed E-state index contributed by atoms with van der Waals surface area (Å²) in [6.07, 6.45) is 1.95. The van der Waals surface area contributed by atoms with Gasteiger partial charge in [-0.3, -0.25) is 9.59 Å². The Kier molecular flexibility index (Phi) is 6.56. The summed E-state index contributed by atoms with van der Waals surface area (Å²) in [4.78, 5) is 23.8. The Hall–Kier alpha value is -2.62. The van der Waals surface area contributed by atoms with Crippen molar-refractivity contribution >= 4 is 23.1 Å².